The molecule has 0 radical (unpaired) electrons. The molecule has 0 spiro atoms. The Morgan fingerprint density at radius 2 is 2.14 bits per heavy atom. The zero-order valence-corrected chi connectivity index (χ0v) is 12.9. The van der Waals surface area contributed by atoms with Gasteiger partial charge in [0.25, 0.3) is 0 Å². The molecule has 22 heavy (non-hydrogen) atoms. The number of aromatic nitrogens is 2. The summed E-state index contributed by atoms with van der Waals surface area (Å²) >= 11 is 1.55. The highest BCUT2D eigenvalue weighted by molar-refractivity contribution is 7.15. The maximum Gasteiger partial charge on any atom is 0.224 e. The van der Waals surface area contributed by atoms with Crippen LogP contribution in [0, 0.1) is 18.8 Å². The summed E-state index contributed by atoms with van der Waals surface area (Å²) in [5.41, 5.74) is 1.86. The van der Waals surface area contributed by atoms with E-state index in [4.69, 9.17) is 0 Å². The van der Waals surface area contributed by atoms with Gasteiger partial charge in [-0.2, -0.15) is 0 Å². The second-order valence-electron chi connectivity index (χ2n) is 5.45. The molecule has 2 aromatic heterocycles. The Kier molecular flexibility index (Phi) is 3.98. The smallest absolute Gasteiger partial charge is 0.224 e. The van der Waals surface area contributed by atoms with E-state index in [9.17, 15) is 14.7 Å². The van der Waals surface area contributed by atoms with Crippen LogP contribution in [0.5, 0.6) is 0 Å². The molecule has 2 atom stereocenters. The Morgan fingerprint density at radius 3 is 2.82 bits per heavy atom. The number of hydrogen-bond acceptors (Lipinski definition) is 5. The fourth-order valence-corrected chi connectivity index (χ4v) is 3.57. The monoisotopic (exact) mass is 318 g/mol. The molecule has 0 fully saturated rings. The number of nitrogens with one attached hydrogen (secondary N) is 1. The summed E-state index contributed by atoms with van der Waals surface area (Å²) in [4.78, 5) is 28.7. The van der Waals surface area contributed by atoms with Crippen LogP contribution in [0.3, 0.4) is 0 Å². The lowest BCUT2D eigenvalue weighted by molar-refractivity contribution is -0.313. The number of fused-ring (bicyclic) bond motifs is 1. The first-order valence-electron chi connectivity index (χ1n) is 7.12. The van der Waals surface area contributed by atoms with Crippen molar-refractivity contribution >= 4 is 28.2 Å². The maximum absolute atomic E-state index is 12.2. The highest BCUT2D eigenvalue weighted by Gasteiger charge is 2.29. The second kappa shape index (κ2) is 5.92. The van der Waals surface area contributed by atoms with Crippen molar-refractivity contribution < 1.29 is 14.7 Å². The molecule has 1 aliphatic carbocycles. The minimum Gasteiger partial charge on any atom is -0.550 e. The molecule has 0 aliphatic heterocycles. The van der Waals surface area contributed by atoms with Crippen LogP contribution in [-0.4, -0.2) is 21.3 Å². The first kappa shape index (κ1) is 14.8. The number of allylic oxidation sites excluding steroid dienone is 2. The van der Waals surface area contributed by atoms with E-state index in [-0.39, 0.29) is 5.91 Å². The molecule has 1 amide bonds. The Balaban J connectivity index is 1.66. The summed E-state index contributed by atoms with van der Waals surface area (Å²) in [6.07, 6.45) is 6.30. The number of hydrogen-bond donors (Lipinski definition) is 1. The Labute approximate surface area is 131 Å². The molecule has 0 aromatic carbocycles. The molecule has 7 heteroatoms. The molecular weight excluding hydrogens is 302 g/mol. The van der Waals surface area contributed by atoms with Crippen molar-refractivity contribution in [3.8, 4) is 0 Å². The third-order valence-electron chi connectivity index (χ3n) is 3.95. The molecule has 2 aromatic rings. The predicted octanol–water partition coefficient (Wildman–Crippen LogP) is 0.653. The number of aliphatic carboxylic acids is 1. The summed E-state index contributed by atoms with van der Waals surface area (Å²) in [7, 11) is 0. The van der Waals surface area contributed by atoms with Gasteiger partial charge in [0, 0.05) is 35.1 Å². The topological polar surface area (TPSA) is 86.5 Å². The second-order valence-corrected chi connectivity index (χ2v) is 6.29. The number of thiazole rings is 1. The van der Waals surface area contributed by atoms with Gasteiger partial charge in [0.2, 0.25) is 5.91 Å². The van der Waals surface area contributed by atoms with Crippen LogP contribution in [0.4, 0.5) is 0 Å². The summed E-state index contributed by atoms with van der Waals surface area (Å²) < 4.78 is 1.97. The number of carbonyl (C=O) groups is 2. The van der Waals surface area contributed by atoms with Gasteiger partial charge in [-0.15, -0.1) is 11.3 Å². The number of carboxylic acids is 1. The predicted molar refractivity (Wildman–Crippen MR) is 80.0 cm³/mol. The molecular formula is C15H16N3O3S-. The lowest BCUT2D eigenvalue weighted by atomic mass is 9.82. The van der Waals surface area contributed by atoms with E-state index in [2.05, 4.69) is 10.3 Å². The quantitative estimate of drug-likeness (QED) is 0.839. The third kappa shape index (κ3) is 2.76. The van der Waals surface area contributed by atoms with E-state index in [1.165, 1.54) is 0 Å². The summed E-state index contributed by atoms with van der Waals surface area (Å²) in [6, 6.07) is 0. The number of carbonyl (C=O) groups excluding carboxylic acids is 2. The normalized spacial score (nSPS) is 21.1. The third-order valence-corrected chi connectivity index (χ3v) is 4.91. The van der Waals surface area contributed by atoms with Crippen LogP contribution in [-0.2, 0) is 16.1 Å². The van der Waals surface area contributed by atoms with Gasteiger partial charge in [0.05, 0.1) is 12.2 Å². The van der Waals surface area contributed by atoms with E-state index in [0.717, 1.165) is 16.3 Å². The van der Waals surface area contributed by atoms with Gasteiger partial charge in [-0.05, 0) is 19.8 Å². The van der Waals surface area contributed by atoms with Crippen molar-refractivity contribution in [1.82, 2.24) is 14.7 Å². The molecule has 116 valence electrons. The standard InChI is InChI=1S/C15H17N3O3S/c1-9-8-22-15-17-10(7-18(9)15)6-16-13(19)11-4-2-3-5-12(11)14(20)21/h2-3,7-8,11-12H,4-6H2,1H3,(H,16,19)(H,20,21)/p-1/t11-,12+/m0/s1. The first-order chi connectivity index (χ1) is 10.6. The van der Waals surface area contributed by atoms with Crippen LogP contribution < -0.4 is 10.4 Å². The van der Waals surface area contributed by atoms with Gasteiger partial charge >= 0.3 is 0 Å². The minimum atomic E-state index is -1.16. The van der Waals surface area contributed by atoms with E-state index in [1.807, 2.05) is 29.0 Å². The largest absolute Gasteiger partial charge is 0.550 e. The number of rotatable bonds is 4. The Hall–Kier alpha value is -2.15. The van der Waals surface area contributed by atoms with Crippen LogP contribution in [0.15, 0.2) is 23.7 Å². The number of amides is 1. The number of aryl methyl sites for hydroxylation is 1. The van der Waals surface area contributed by atoms with Crippen molar-refractivity contribution in [2.75, 3.05) is 0 Å². The molecule has 0 saturated carbocycles. The molecule has 2 heterocycles. The number of nitrogens with zero attached hydrogens (tertiary/aromatic N) is 2. The summed E-state index contributed by atoms with van der Waals surface area (Å²) in [6.45, 7) is 2.29. The van der Waals surface area contributed by atoms with Crippen LogP contribution in [0.1, 0.15) is 24.2 Å². The van der Waals surface area contributed by atoms with E-state index < -0.39 is 17.8 Å². The van der Waals surface area contributed by atoms with E-state index in [0.29, 0.717) is 19.4 Å². The van der Waals surface area contributed by atoms with Crippen molar-refractivity contribution in [3.63, 3.8) is 0 Å². The molecule has 0 unspecified atom stereocenters. The zero-order chi connectivity index (χ0) is 15.7. The van der Waals surface area contributed by atoms with Crippen molar-refractivity contribution in [3.05, 3.63) is 35.1 Å². The number of imidazole rings is 1. The molecule has 1 aliphatic rings. The van der Waals surface area contributed by atoms with Crippen molar-refractivity contribution in [2.24, 2.45) is 11.8 Å². The van der Waals surface area contributed by atoms with Gasteiger partial charge in [0.1, 0.15) is 0 Å². The van der Waals surface area contributed by atoms with Gasteiger partial charge in [-0.1, -0.05) is 12.2 Å². The lowest BCUT2D eigenvalue weighted by Gasteiger charge is -2.28. The minimum absolute atomic E-state index is 0.258. The van der Waals surface area contributed by atoms with Gasteiger partial charge in [-0.25, -0.2) is 4.98 Å². The fourth-order valence-electron chi connectivity index (χ4n) is 2.70. The van der Waals surface area contributed by atoms with E-state index in [1.54, 1.807) is 17.4 Å². The van der Waals surface area contributed by atoms with Gasteiger partial charge in [-0.3, -0.25) is 9.20 Å². The SMILES string of the molecule is Cc1csc2nc(CNC(=O)[C@H]3CC=CC[C@H]3C(=O)[O-])cn12. The first-order valence-corrected chi connectivity index (χ1v) is 8.00. The molecule has 1 N–H and O–H groups in total. The average molecular weight is 318 g/mol. The molecule has 0 bridgehead atoms. The molecule has 6 nitrogen and oxygen atoms in total. The van der Waals surface area contributed by atoms with Crippen molar-refractivity contribution in [1.29, 1.82) is 0 Å². The summed E-state index contributed by atoms with van der Waals surface area (Å²) in [5, 5.41) is 15.9. The fraction of sp³-hybridized carbons (Fsp3) is 0.400. The van der Waals surface area contributed by atoms with Crippen LogP contribution in [0.2, 0.25) is 0 Å². The molecule has 0 saturated heterocycles. The highest BCUT2D eigenvalue weighted by Crippen LogP contribution is 2.25. The van der Waals surface area contributed by atoms with Crippen molar-refractivity contribution in [2.45, 2.75) is 26.3 Å². The average Bonchev–Trinajstić information content (AvgIpc) is 3.07. The molecule has 3 rings (SSSR count). The zero-order valence-electron chi connectivity index (χ0n) is 12.1. The summed E-state index contributed by atoms with van der Waals surface area (Å²) in [5.74, 6) is -2.74. The maximum atomic E-state index is 12.2. The highest BCUT2D eigenvalue weighted by atomic mass is 32.1. The van der Waals surface area contributed by atoms with Gasteiger partial charge in [0.15, 0.2) is 4.96 Å². The van der Waals surface area contributed by atoms with Gasteiger partial charge < -0.3 is 15.2 Å². The van der Waals surface area contributed by atoms with E-state index >= 15 is 0 Å². The lowest BCUT2D eigenvalue weighted by Crippen LogP contribution is -2.43. The van der Waals surface area contributed by atoms with Crippen LogP contribution >= 0.6 is 11.3 Å². The van der Waals surface area contributed by atoms with Crippen LogP contribution in [0.25, 0.3) is 4.96 Å². The number of carboxylic acid groups (broad SMARTS) is 1. The Bertz CT molecular complexity index is 746. The Morgan fingerprint density at radius 1 is 1.41 bits per heavy atom.